The van der Waals surface area contributed by atoms with Crippen molar-refractivity contribution in [2.24, 2.45) is 0 Å². The summed E-state index contributed by atoms with van der Waals surface area (Å²) >= 11 is 3.57. The molecule has 0 bridgehead atoms. The Bertz CT molecular complexity index is 1060. The van der Waals surface area contributed by atoms with Gasteiger partial charge in [0.25, 0.3) is 0 Å². The van der Waals surface area contributed by atoms with Crippen molar-refractivity contribution >= 4 is 26.8 Å². The molecule has 1 unspecified atom stereocenters. The molecule has 0 radical (unpaired) electrons. The van der Waals surface area contributed by atoms with E-state index in [4.69, 9.17) is 4.74 Å². The number of nitrogens with one attached hydrogen (secondary N) is 1. The molecule has 2 aliphatic rings. The number of hydrogen-bond acceptors (Lipinski definition) is 3. The number of benzene rings is 2. The summed E-state index contributed by atoms with van der Waals surface area (Å²) < 4.78 is 21.9. The second-order valence-corrected chi connectivity index (χ2v) is 9.27. The predicted octanol–water partition coefficient (Wildman–Crippen LogP) is 5.56. The average Bonchev–Trinajstić information content (AvgIpc) is 3.22. The molecule has 5 rings (SSSR count). The summed E-state index contributed by atoms with van der Waals surface area (Å²) in [6.45, 7) is 5.26. The van der Waals surface area contributed by atoms with Gasteiger partial charge in [0.15, 0.2) is 0 Å². The zero-order valence-electron chi connectivity index (χ0n) is 16.7. The Morgan fingerprint density at radius 1 is 1.28 bits per heavy atom. The number of fused-ring (bicyclic) bond motifs is 3. The molecule has 1 saturated carbocycles. The van der Waals surface area contributed by atoms with Crippen molar-refractivity contribution in [2.75, 3.05) is 13.2 Å². The van der Waals surface area contributed by atoms with Gasteiger partial charge in [0.05, 0.1) is 24.4 Å². The van der Waals surface area contributed by atoms with Crippen LogP contribution in [-0.2, 0) is 6.42 Å². The van der Waals surface area contributed by atoms with Crippen molar-refractivity contribution in [3.05, 3.63) is 57.7 Å². The largest absolute Gasteiger partial charge is 0.493 e. The number of hydrogen-bond donors (Lipinski definition) is 1. The van der Waals surface area contributed by atoms with Crippen LogP contribution in [0.15, 0.2) is 41.0 Å². The zero-order chi connectivity index (χ0) is 20.2. The van der Waals surface area contributed by atoms with Crippen molar-refractivity contribution < 1.29 is 9.13 Å². The van der Waals surface area contributed by atoms with E-state index in [-0.39, 0.29) is 12.1 Å². The molecule has 29 heavy (non-hydrogen) atoms. The topological polar surface area (TPSA) is 41.1 Å². The van der Waals surface area contributed by atoms with Gasteiger partial charge in [0.2, 0.25) is 0 Å². The van der Waals surface area contributed by atoms with Crippen LogP contribution >= 0.6 is 15.9 Å². The summed E-state index contributed by atoms with van der Waals surface area (Å²) in [6, 6.07) is 10.6. The monoisotopic (exact) mass is 457 g/mol. The number of nitrogens with zero attached hydrogens (tertiary/aromatic N) is 2. The van der Waals surface area contributed by atoms with Crippen LogP contribution < -0.4 is 4.74 Å². The van der Waals surface area contributed by atoms with Crippen molar-refractivity contribution in [3.8, 4) is 5.75 Å². The molecule has 3 aromatic rings. The van der Waals surface area contributed by atoms with Crippen LogP contribution in [0.5, 0.6) is 5.75 Å². The van der Waals surface area contributed by atoms with Crippen LogP contribution in [0.25, 0.3) is 10.9 Å². The lowest BCUT2D eigenvalue weighted by molar-refractivity contribution is 0.0970. The molecule has 6 heteroatoms. The number of rotatable bonds is 5. The van der Waals surface area contributed by atoms with E-state index in [1.807, 2.05) is 25.3 Å². The second-order valence-electron chi connectivity index (χ2n) is 8.36. The maximum absolute atomic E-state index is 14.9. The summed E-state index contributed by atoms with van der Waals surface area (Å²) in [6.07, 6.45) is 4.12. The zero-order valence-corrected chi connectivity index (χ0v) is 18.3. The molecule has 1 fully saturated rings. The number of H-pyrrole nitrogens is 1. The summed E-state index contributed by atoms with van der Waals surface area (Å²) in [5, 5.41) is 8.50. The van der Waals surface area contributed by atoms with Crippen molar-refractivity contribution in [1.29, 1.82) is 0 Å². The lowest BCUT2D eigenvalue weighted by atomic mass is 9.83. The van der Waals surface area contributed by atoms with Crippen LogP contribution in [0.3, 0.4) is 0 Å². The minimum absolute atomic E-state index is 0.0454. The Hall–Kier alpha value is -1.92. The van der Waals surface area contributed by atoms with Gasteiger partial charge in [-0.3, -0.25) is 10.00 Å². The first-order valence-corrected chi connectivity index (χ1v) is 11.1. The van der Waals surface area contributed by atoms with Gasteiger partial charge in [-0.15, -0.1) is 0 Å². The SMILES string of the molecule is CCOc1cc(Br)ccc1[C@@H]1c2ccc3[nH]ncc3c2CC(C)N1CC1(F)CC1. The number of aromatic nitrogens is 2. The Balaban J connectivity index is 1.70. The molecule has 0 saturated heterocycles. The van der Waals surface area contributed by atoms with E-state index in [1.54, 1.807) is 0 Å². The van der Waals surface area contributed by atoms with Crippen LogP contribution in [0, 0.1) is 0 Å². The van der Waals surface area contributed by atoms with E-state index in [1.165, 1.54) is 11.1 Å². The molecule has 1 N–H and O–H groups in total. The molecule has 1 aliphatic carbocycles. The molecule has 4 nitrogen and oxygen atoms in total. The van der Waals surface area contributed by atoms with Crippen molar-refractivity contribution in [3.63, 3.8) is 0 Å². The van der Waals surface area contributed by atoms with E-state index in [2.05, 4.69) is 56.2 Å². The van der Waals surface area contributed by atoms with Crippen molar-refractivity contribution in [2.45, 2.75) is 50.9 Å². The fraction of sp³-hybridized carbons (Fsp3) is 0.435. The maximum atomic E-state index is 14.9. The minimum atomic E-state index is -1.05. The molecular weight excluding hydrogens is 433 g/mol. The third-order valence-electron chi connectivity index (χ3n) is 6.29. The number of aromatic amines is 1. The second kappa shape index (κ2) is 7.10. The van der Waals surface area contributed by atoms with E-state index in [0.29, 0.717) is 26.0 Å². The molecule has 0 spiro atoms. The average molecular weight is 458 g/mol. The summed E-state index contributed by atoms with van der Waals surface area (Å²) in [4.78, 5) is 2.34. The first kappa shape index (κ1) is 19.1. The van der Waals surface area contributed by atoms with Gasteiger partial charge >= 0.3 is 0 Å². The molecule has 1 aromatic heterocycles. The Morgan fingerprint density at radius 3 is 2.83 bits per heavy atom. The number of alkyl halides is 1. The summed E-state index contributed by atoms with van der Waals surface area (Å²) in [7, 11) is 0. The highest BCUT2D eigenvalue weighted by Gasteiger charge is 2.48. The molecular formula is C23H25BrFN3O. The summed E-state index contributed by atoms with van der Waals surface area (Å²) in [5.74, 6) is 0.855. The first-order chi connectivity index (χ1) is 14.0. The van der Waals surface area contributed by atoms with E-state index < -0.39 is 5.67 Å². The molecule has 2 heterocycles. The van der Waals surface area contributed by atoms with Gasteiger partial charge in [-0.25, -0.2) is 4.39 Å². The molecule has 2 atom stereocenters. The van der Waals surface area contributed by atoms with Gasteiger partial charge in [0, 0.05) is 28.0 Å². The van der Waals surface area contributed by atoms with Crippen LogP contribution in [0.4, 0.5) is 4.39 Å². The van der Waals surface area contributed by atoms with Gasteiger partial charge < -0.3 is 4.74 Å². The quantitative estimate of drug-likeness (QED) is 0.544. The predicted molar refractivity (Wildman–Crippen MR) is 116 cm³/mol. The maximum Gasteiger partial charge on any atom is 0.125 e. The highest BCUT2D eigenvalue weighted by molar-refractivity contribution is 9.10. The van der Waals surface area contributed by atoms with E-state index in [0.717, 1.165) is 33.1 Å². The Kier molecular flexibility index (Phi) is 4.67. The molecule has 152 valence electrons. The standard InChI is InChI=1S/C23H25BrFN3O/c1-3-29-21-11-15(24)4-5-17(21)22-16-6-7-20-19(12-26-27-20)18(16)10-14(2)28(22)13-23(25)8-9-23/h4-7,11-12,14,22H,3,8-10,13H2,1-2H3,(H,26,27)/t14?,22-/m0/s1. The molecule has 1 aliphatic heterocycles. The third-order valence-corrected chi connectivity index (χ3v) is 6.79. The van der Waals surface area contributed by atoms with Gasteiger partial charge in [-0.1, -0.05) is 28.1 Å². The van der Waals surface area contributed by atoms with Gasteiger partial charge in [-0.05, 0) is 62.4 Å². The molecule has 2 aromatic carbocycles. The fourth-order valence-corrected chi connectivity index (χ4v) is 4.99. The Morgan fingerprint density at radius 2 is 2.07 bits per heavy atom. The van der Waals surface area contributed by atoms with Gasteiger partial charge in [0.1, 0.15) is 11.4 Å². The Labute approximate surface area is 178 Å². The number of ether oxygens (including phenoxy) is 1. The van der Waals surface area contributed by atoms with E-state index in [9.17, 15) is 4.39 Å². The van der Waals surface area contributed by atoms with Gasteiger partial charge in [-0.2, -0.15) is 5.10 Å². The van der Waals surface area contributed by atoms with Crippen LogP contribution in [0.2, 0.25) is 0 Å². The third kappa shape index (κ3) is 3.36. The lowest BCUT2D eigenvalue weighted by Gasteiger charge is -2.43. The smallest absolute Gasteiger partial charge is 0.125 e. The fourth-order valence-electron chi connectivity index (χ4n) is 4.65. The van der Waals surface area contributed by atoms with Crippen molar-refractivity contribution in [1.82, 2.24) is 15.1 Å². The number of halogens is 2. The lowest BCUT2D eigenvalue weighted by Crippen LogP contribution is -2.46. The highest BCUT2D eigenvalue weighted by atomic mass is 79.9. The summed E-state index contributed by atoms with van der Waals surface area (Å²) in [5.41, 5.74) is 3.62. The van der Waals surface area contributed by atoms with Crippen LogP contribution in [-0.4, -0.2) is 40.0 Å². The van der Waals surface area contributed by atoms with Crippen LogP contribution in [0.1, 0.15) is 49.4 Å². The van der Waals surface area contributed by atoms with E-state index >= 15 is 0 Å². The minimum Gasteiger partial charge on any atom is -0.493 e. The molecule has 0 amide bonds. The first-order valence-electron chi connectivity index (χ1n) is 10.3. The highest BCUT2D eigenvalue weighted by Crippen LogP contribution is 2.48. The normalized spacial score (nSPS) is 23.2.